The topological polar surface area (TPSA) is 21.3 Å². The second-order valence-electron chi connectivity index (χ2n) is 5.81. The monoisotopic (exact) mass is 335 g/mol. The molecule has 2 nitrogen and oxygen atoms in total. The van der Waals surface area contributed by atoms with Crippen molar-refractivity contribution < 1.29 is 4.74 Å². The van der Waals surface area contributed by atoms with Crippen molar-refractivity contribution in [3.8, 4) is 5.75 Å². The standard InChI is InChI=1S/C18H19Cl2NO/c1-12-2-4-13(5-3-12)11-22-18-14(10-21-16-6-7-16)8-15(19)9-17(18)20/h2-5,8-9,16,21H,6-7,10-11H2,1H3. The lowest BCUT2D eigenvalue weighted by Crippen LogP contribution is -2.16. The van der Waals surface area contributed by atoms with Crippen LogP contribution in [-0.4, -0.2) is 6.04 Å². The molecule has 0 aromatic heterocycles. The van der Waals surface area contributed by atoms with E-state index in [1.807, 2.05) is 6.07 Å². The molecule has 0 atom stereocenters. The number of benzene rings is 2. The number of hydrogen-bond acceptors (Lipinski definition) is 2. The fourth-order valence-electron chi connectivity index (χ4n) is 2.29. The van der Waals surface area contributed by atoms with Gasteiger partial charge in [-0.1, -0.05) is 53.0 Å². The zero-order valence-corrected chi connectivity index (χ0v) is 14.0. The molecule has 0 radical (unpaired) electrons. The Labute approximate surface area is 141 Å². The minimum Gasteiger partial charge on any atom is -0.487 e. The number of rotatable bonds is 6. The maximum Gasteiger partial charge on any atom is 0.142 e. The van der Waals surface area contributed by atoms with E-state index in [2.05, 4.69) is 36.5 Å². The lowest BCUT2D eigenvalue weighted by Gasteiger charge is -2.14. The Morgan fingerprint density at radius 1 is 1.14 bits per heavy atom. The van der Waals surface area contributed by atoms with Crippen LogP contribution in [0.25, 0.3) is 0 Å². The summed E-state index contributed by atoms with van der Waals surface area (Å²) < 4.78 is 5.97. The average molecular weight is 336 g/mol. The van der Waals surface area contributed by atoms with Gasteiger partial charge in [0.1, 0.15) is 12.4 Å². The van der Waals surface area contributed by atoms with Gasteiger partial charge in [-0.05, 0) is 37.5 Å². The van der Waals surface area contributed by atoms with Crippen molar-refractivity contribution in [2.75, 3.05) is 0 Å². The fourth-order valence-corrected chi connectivity index (χ4v) is 2.88. The average Bonchev–Trinajstić information content (AvgIpc) is 3.30. The maximum atomic E-state index is 6.32. The zero-order valence-electron chi connectivity index (χ0n) is 12.5. The van der Waals surface area contributed by atoms with Crippen molar-refractivity contribution in [1.82, 2.24) is 5.32 Å². The maximum absolute atomic E-state index is 6.32. The van der Waals surface area contributed by atoms with Crippen LogP contribution in [0, 0.1) is 6.92 Å². The van der Waals surface area contributed by atoms with Crippen molar-refractivity contribution in [2.24, 2.45) is 0 Å². The number of aryl methyl sites for hydroxylation is 1. The van der Waals surface area contributed by atoms with Gasteiger partial charge < -0.3 is 10.1 Å². The second-order valence-corrected chi connectivity index (χ2v) is 6.65. The molecule has 3 rings (SSSR count). The van der Waals surface area contributed by atoms with Gasteiger partial charge in [0, 0.05) is 23.2 Å². The summed E-state index contributed by atoms with van der Waals surface area (Å²) >= 11 is 12.4. The first-order chi connectivity index (χ1) is 10.6. The smallest absolute Gasteiger partial charge is 0.142 e. The summed E-state index contributed by atoms with van der Waals surface area (Å²) in [6.45, 7) is 3.30. The molecule has 0 saturated heterocycles. The Morgan fingerprint density at radius 2 is 1.86 bits per heavy atom. The van der Waals surface area contributed by atoms with Gasteiger partial charge in [-0.25, -0.2) is 0 Å². The van der Waals surface area contributed by atoms with Gasteiger partial charge in [-0.3, -0.25) is 0 Å². The van der Waals surface area contributed by atoms with Crippen LogP contribution < -0.4 is 10.1 Å². The molecule has 1 saturated carbocycles. The first-order valence-electron chi connectivity index (χ1n) is 7.51. The molecule has 0 spiro atoms. The highest BCUT2D eigenvalue weighted by molar-refractivity contribution is 6.35. The molecule has 0 unspecified atom stereocenters. The summed E-state index contributed by atoms with van der Waals surface area (Å²) in [6.07, 6.45) is 2.49. The zero-order chi connectivity index (χ0) is 15.5. The number of halogens is 2. The van der Waals surface area contributed by atoms with Crippen LogP contribution in [-0.2, 0) is 13.2 Å². The van der Waals surface area contributed by atoms with E-state index in [0.29, 0.717) is 22.7 Å². The van der Waals surface area contributed by atoms with Crippen molar-refractivity contribution in [3.05, 3.63) is 63.1 Å². The van der Waals surface area contributed by atoms with Crippen LogP contribution in [0.4, 0.5) is 0 Å². The molecule has 1 aliphatic rings. The fraction of sp³-hybridized carbons (Fsp3) is 0.333. The van der Waals surface area contributed by atoms with Gasteiger partial charge in [-0.2, -0.15) is 0 Å². The van der Waals surface area contributed by atoms with Crippen LogP contribution in [0.2, 0.25) is 10.0 Å². The SMILES string of the molecule is Cc1ccc(COc2c(Cl)cc(Cl)cc2CNC2CC2)cc1. The molecule has 22 heavy (non-hydrogen) atoms. The van der Waals surface area contributed by atoms with E-state index in [-0.39, 0.29) is 0 Å². The minimum atomic E-state index is 0.498. The summed E-state index contributed by atoms with van der Waals surface area (Å²) in [7, 11) is 0. The second kappa shape index (κ2) is 6.91. The van der Waals surface area contributed by atoms with Crippen molar-refractivity contribution >= 4 is 23.2 Å². The minimum absolute atomic E-state index is 0.498. The molecule has 2 aromatic rings. The Morgan fingerprint density at radius 3 is 2.55 bits per heavy atom. The van der Waals surface area contributed by atoms with E-state index >= 15 is 0 Å². The predicted molar refractivity (Wildman–Crippen MR) is 91.8 cm³/mol. The number of ether oxygens (including phenoxy) is 1. The predicted octanol–water partition coefficient (Wildman–Crippen LogP) is 5.13. The third kappa shape index (κ3) is 4.16. The summed E-state index contributed by atoms with van der Waals surface area (Å²) in [5, 5.41) is 4.68. The van der Waals surface area contributed by atoms with Gasteiger partial charge in [0.15, 0.2) is 0 Å². The van der Waals surface area contributed by atoms with E-state index in [4.69, 9.17) is 27.9 Å². The Kier molecular flexibility index (Phi) is 4.92. The highest BCUT2D eigenvalue weighted by Gasteiger charge is 2.21. The Bertz CT molecular complexity index is 651. The van der Waals surface area contributed by atoms with E-state index < -0.39 is 0 Å². The highest BCUT2D eigenvalue weighted by atomic mass is 35.5. The van der Waals surface area contributed by atoms with Crippen LogP contribution in [0.1, 0.15) is 29.5 Å². The molecule has 0 amide bonds. The Hall–Kier alpha value is -1.22. The first kappa shape index (κ1) is 15.7. The van der Waals surface area contributed by atoms with Crippen molar-refractivity contribution in [2.45, 2.75) is 39.0 Å². The van der Waals surface area contributed by atoms with Gasteiger partial charge in [0.25, 0.3) is 0 Å². The van der Waals surface area contributed by atoms with Gasteiger partial charge >= 0.3 is 0 Å². The molecule has 116 valence electrons. The van der Waals surface area contributed by atoms with E-state index in [1.54, 1.807) is 6.07 Å². The lowest BCUT2D eigenvalue weighted by atomic mass is 10.1. The van der Waals surface area contributed by atoms with E-state index in [1.165, 1.54) is 18.4 Å². The lowest BCUT2D eigenvalue weighted by molar-refractivity contribution is 0.302. The summed E-state index contributed by atoms with van der Waals surface area (Å²) in [6, 6.07) is 12.6. The quantitative estimate of drug-likeness (QED) is 0.789. The number of nitrogens with one attached hydrogen (secondary N) is 1. The van der Waals surface area contributed by atoms with Crippen LogP contribution in [0.3, 0.4) is 0 Å². The molecular formula is C18H19Cl2NO. The summed E-state index contributed by atoms with van der Waals surface area (Å²) in [4.78, 5) is 0. The largest absolute Gasteiger partial charge is 0.487 e. The van der Waals surface area contributed by atoms with Crippen LogP contribution in [0.5, 0.6) is 5.75 Å². The summed E-state index contributed by atoms with van der Waals surface area (Å²) in [5.41, 5.74) is 3.37. The number of hydrogen-bond donors (Lipinski definition) is 1. The molecule has 1 aliphatic carbocycles. The highest BCUT2D eigenvalue weighted by Crippen LogP contribution is 2.33. The molecule has 4 heteroatoms. The van der Waals surface area contributed by atoms with Crippen LogP contribution >= 0.6 is 23.2 Å². The summed E-state index contributed by atoms with van der Waals surface area (Å²) in [5.74, 6) is 0.722. The van der Waals surface area contributed by atoms with Gasteiger partial charge in [0.2, 0.25) is 0 Å². The van der Waals surface area contributed by atoms with E-state index in [9.17, 15) is 0 Å². The third-order valence-corrected chi connectivity index (χ3v) is 4.25. The Balaban J connectivity index is 1.73. The molecule has 0 aliphatic heterocycles. The molecule has 2 aromatic carbocycles. The molecule has 1 N–H and O–H groups in total. The molecule has 0 heterocycles. The molecular weight excluding hydrogens is 317 g/mol. The third-order valence-electron chi connectivity index (χ3n) is 3.75. The normalized spacial score (nSPS) is 14.1. The van der Waals surface area contributed by atoms with Gasteiger partial charge in [0.05, 0.1) is 5.02 Å². The van der Waals surface area contributed by atoms with Crippen molar-refractivity contribution in [1.29, 1.82) is 0 Å². The first-order valence-corrected chi connectivity index (χ1v) is 8.27. The van der Waals surface area contributed by atoms with E-state index in [0.717, 1.165) is 23.4 Å². The van der Waals surface area contributed by atoms with Gasteiger partial charge in [-0.15, -0.1) is 0 Å². The van der Waals surface area contributed by atoms with Crippen LogP contribution in [0.15, 0.2) is 36.4 Å². The van der Waals surface area contributed by atoms with Crippen molar-refractivity contribution in [3.63, 3.8) is 0 Å². The molecule has 0 bridgehead atoms. The molecule has 1 fully saturated rings.